The second-order valence-electron chi connectivity index (χ2n) is 4.38. The summed E-state index contributed by atoms with van der Waals surface area (Å²) in [5.74, 6) is -0.0629. The Hall–Kier alpha value is -1.66. The van der Waals surface area contributed by atoms with Crippen molar-refractivity contribution in [2.75, 3.05) is 25.1 Å². The number of anilines is 2. The van der Waals surface area contributed by atoms with Crippen LogP contribution in [0.25, 0.3) is 10.2 Å². The molecular weight excluding hydrogens is 248 g/mol. The molecule has 1 atom stereocenters. The molecule has 5 nitrogen and oxygen atoms in total. The van der Waals surface area contributed by atoms with Crippen LogP contribution in [0.5, 0.6) is 0 Å². The number of hydrogen-bond donors (Lipinski definition) is 2. The van der Waals surface area contributed by atoms with Crippen molar-refractivity contribution >= 4 is 38.3 Å². The minimum Gasteiger partial charge on any atom is -0.399 e. The fraction of sp³-hybridized carbons (Fsp3) is 0.333. The number of rotatable bonds is 3. The number of benzene rings is 1. The average Bonchev–Trinajstić information content (AvgIpc) is 2.68. The van der Waals surface area contributed by atoms with Crippen LogP contribution in [-0.4, -0.2) is 35.9 Å². The van der Waals surface area contributed by atoms with Gasteiger partial charge in [-0.1, -0.05) is 11.3 Å². The minimum atomic E-state index is -0.193. The third-order valence-corrected chi connectivity index (χ3v) is 3.73. The van der Waals surface area contributed by atoms with Crippen LogP contribution in [-0.2, 0) is 4.79 Å². The number of amides is 1. The molecule has 3 N–H and O–H groups in total. The lowest BCUT2D eigenvalue weighted by molar-refractivity contribution is -0.119. The zero-order chi connectivity index (χ0) is 13.3. The monoisotopic (exact) mass is 264 g/mol. The fourth-order valence-corrected chi connectivity index (χ4v) is 2.36. The third-order valence-electron chi connectivity index (χ3n) is 2.80. The van der Waals surface area contributed by atoms with Crippen molar-refractivity contribution in [2.24, 2.45) is 0 Å². The quantitative estimate of drug-likeness (QED) is 0.829. The first-order valence-electron chi connectivity index (χ1n) is 5.60. The highest BCUT2D eigenvalue weighted by Gasteiger charge is 2.16. The number of nitrogens with one attached hydrogen (secondary N) is 1. The summed E-state index contributed by atoms with van der Waals surface area (Å²) in [6.07, 6.45) is 0. The molecule has 0 saturated carbocycles. The van der Waals surface area contributed by atoms with E-state index in [0.29, 0.717) is 10.8 Å². The van der Waals surface area contributed by atoms with Crippen molar-refractivity contribution < 1.29 is 4.79 Å². The summed E-state index contributed by atoms with van der Waals surface area (Å²) < 4.78 is 0.975. The van der Waals surface area contributed by atoms with Crippen molar-refractivity contribution in [3.8, 4) is 0 Å². The molecule has 1 aromatic heterocycles. The number of aromatic nitrogens is 1. The molecule has 18 heavy (non-hydrogen) atoms. The molecule has 2 aromatic rings. The molecule has 1 heterocycles. The van der Waals surface area contributed by atoms with Crippen LogP contribution in [0, 0.1) is 0 Å². The zero-order valence-electron chi connectivity index (χ0n) is 10.6. The number of fused-ring (bicyclic) bond motifs is 1. The molecule has 1 amide bonds. The summed E-state index contributed by atoms with van der Waals surface area (Å²) >= 11 is 1.43. The van der Waals surface area contributed by atoms with Crippen molar-refractivity contribution in [2.45, 2.75) is 13.0 Å². The van der Waals surface area contributed by atoms with E-state index in [-0.39, 0.29) is 11.9 Å². The largest absolute Gasteiger partial charge is 0.399 e. The van der Waals surface area contributed by atoms with Crippen LogP contribution in [0.2, 0.25) is 0 Å². The van der Waals surface area contributed by atoms with Crippen molar-refractivity contribution in [3.63, 3.8) is 0 Å². The maximum atomic E-state index is 11.9. The molecule has 6 heteroatoms. The third kappa shape index (κ3) is 2.60. The molecule has 0 aliphatic carbocycles. The van der Waals surface area contributed by atoms with Crippen LogP contribution in [0.3, 0.4) is 0 Å². The Kier molecular flexibility index (Phi) is 3.49. The maximum absolute atomic E-state index is 11.9. The van der Waals surface area contributed by atoms with Crippen LogP contribution in [0.1, 0.15) is 6.92 Å². The topological polar surface area (TPSA) is 71.2 Å². The van der Waals surface area contributed by atoms with Crippen LogP contribution in [0.4, 0.5) is 10.8 Å². The van der Waals surface area contributed by atoms with E-state index in [1.54, 1.807) is 6.07 Å². The van der Waals surface area contributed by atoms with E-state index >= 15 is 0 Å². The standard InChI is InChI=1S/C12H16N4OS/c1-7(16(2)3)11(17)15-12-14-9-5-4-8(13)6-10(9)18-12/h4-7H,13H2,1-3H3,(H,14,15,17). The second-order valence-corrected chi connectivity index (χ2v) is 5.41. The highest BCUT2D eigenvalue weighted by molar-refractivity contribution is 7.22. The summed E-state index contributed by atoms with van der Waals surface area (Å²) in [6, 6.07) is 5.32. The number of thiazole rings is 1. The minimum absolute atomic E-state index is 0.0629. The van der Waals surface area contributed by atoms with Gasteiger partial charge in [0, 0.05) is 5.69 Å². The molecule has 0 fully saturated rings. The van der Waals surface area contributed by atoms with Crippen LogP contribution >= 0.6 is 11.3 Å². The maximum Gasteiger partial charge on any atom is 0.243 e. The number of hydrogen-bond acceptors (Lipinski definition) is 5. The van der Waals surface area contributed by atoms with E-state index in [1.165, 1.54) is 11.3 Å². The number of nitrogen functional groups attached to an aromatic ring is 1. The molecule has 1 aromatic carbocycles. The van der Waals surface area contributed by atoms with Crippen molar-refractivity contribution in [3.05, 3.63) is 18.2 Å². The Balaban J connectivity index is 2.20. The molecular formula is C12H16N4OS. The SMILES string of the molecule is CC(C(=O)Nc1nc2ccc(N)cc2s1)N(C)C. The summed E-state index contributed by atoms with van der Waals surface area (Å²) in [5.41, 5.74) is 7.26. The van der Waals surface area contributed by atoms with Gasteiger partial charge >= 0.3 is 0 Å². The van der Waals surface area contributed by atoms with Gasteiger partial charge in [-0.05, 0) is 39.2 Å². The summed E-state index contributed by atoms with van der Waals surface area (Å²) in [7, 11) is 3.73. The van der Waals surface area contributed by atoms with Gasteiger partial charge in [0.05, 0.1) is 16.3 Å². The Morgan fingerprint density at radius 2 is 2.22 bits per heavy atom. The first kappa shape index (κ1) is 12.8. The number of carbonyl (C=O) groups is 1. The molecule has 2 rings (SSSR count). The zero-order valence-corrected chi connectivity index (χ0v) is 11.4. The van der Waals surface area contributed by atoms with Gasteiger partial charge in [-0.25, -0.2) is 4.98 Å². The van der Waals surface area contributed by atoms with E-state index in [1.807, 2.05) is 38.1 Å². The summed E-state index contributed by atoms with van der Waals surface area (Å²) in [4.78, 5) is 18.1. The summed E-state index contributed by atoms with van der Waals surface area (Å²) in [5, 5.41) is 3.42. The van der Waals surface area contributed by atoms with Crippen LogP contribution < -0.4 is 11.1 Å². The number of nitrogens with zero attached hydrogens (tertiary/aromatic N) is 2. The fourth-order valence-electron chi connectivity index (χ4n) is 1.44. The lowest BCUT2D eigenvalue weighted by Gasteiger charge is -2.17. The summed E-state index contributed by atoms with van der Waals surface area (Å²) in [6.45, 7) is 1.85. The van der Waals surface area contributed by atoms with Gasteiger partial charge in [-0.3, -0.25) is 9.69 Å². The van der Waals surface area contributed by atoms with Gasteiger partial charge < -0.3 is 11.1 Å². The first-order valence-corrected chi connectivity index (χ1v) is 6.42. The molecule has 0 aliphatic rings. The Morgan fingerprint density at radius 3 is 2.89 bits per heavy atom. The van der Waals surface area contributed by atoms with Gasteiger partial charge in [0.25, 0.3) is 0 Å². The smallest absolute Gasteiger partial charge is 0.243 e. The molecule has 96 valence electrons. The van der Waals surface area contributed by atoms with Gasteiger partial charge in [-0.15, -0.1) is 0 Å². The molecule has 0 spiro atoms. The first-order chi connectivity index (χ1) is 8.47. The lowest BCUT2D eigenvalue weighted by Crippen LogP contribution is -2.37. The molecule has 0 radical (unpaired) electrons. The normalized spacial score (nSPS) is 12.9. The Labute approximate surface area is 110 Å². The Bertz CT molecular complexity index is 578. The van der Waals surface area contributed by atoms with Crippen molar-refractivity contribution in [1.29, 1.82) is 0 Å². The molecule has 0 aliphatic heterocycles. The number of nitrogens with two attached hydrogens (primary N) is 1. The van der Waals surface area contributed by atoms with Gasteiger partial charge in [0.2, 0.25) is 5.91 Å². The van der Waals surface area contributed by atoms with Crippen LogP contribution in [0.15, 0.2) is 18.2 Å². The highest BCUT2D eigenvalue weighted by atomic mass is 32.1. The van der Waals surface area contributed by atoms with E-state index in [0.717, 1.165) is 10.2 Å². The number of carbonyl (C=O) groups excluding carboxylic acids is 1. The van der Waals surface area contributed by atoms with E-state index in [2.05, 4.69) is 10.3 Å². The molecule has 0 bridgehead atoms. The number of likely N-dealkylation sites (N-methyl/N-ethyl adjacent to an activating group) is 1. The lowest BCUT2D eigenvalue weighted by atomic mass is 10.3. The predicted molar refractivity (Wildman–Crippen MR) is 75.8 cm³/mol. The second kappa shape index (κ2) is 4.91. The van der Waals surface area contributed by atoms with Gasteiger partial charge in [0.1, 0.15) is 0 Å². The molecule has 0 saturated heterocycles. The average molecular weight is 264 g/mol. The predicted octanol–water partition coefficient (Wildman–Crippen LogP) is 1.77. The molecule has 1 unspecified atom stereocenters. The van der Waals surface area contributed by atoms with Crippen molar-refractivity contribution in [1.82, 2.24) is 9.88 Å². The Morgan fingerprint density at radius 1 is 1.50 bits per heavy atom. The van der Waals surface area contributed by atoms with Gasteiger partial charge in [-0.2, -0.15) is 0 Å². The van der Waals surface area contributed by atoms with E-state index in [4.69, 9.17) is 5.73 Å². The highest BCUT2D eigenvalue weighted by Crippen LogP contribution is 2.27. The van der Waals surface area contributed by atoms with E-state index in [9.17, 15) is 4.79 Å². The van der Waals surface area contributed by atoms with Gasteiger partial charge in [0.15, 0.2) is 5.13 Å². The van der Waals surface area contributed by atoms with E-state index < -0.39 is 0 Å².